The van der Waals surface area contributed by atoms with E-state index in [9.17, 15) is 18.0 Å². The van der Waals surface area contributed by atoms with Crippen LogP contribution in [-0.4, -0.2) is 17.7 Å². The Balaban J connectivity index is 4.62. The molecule has 0 saturated heterocycles. The Morgan fingerprint density at radius 3 is 2.11 bits per heavy atom. The van der Waals surface area contributed by atoms with E-state index in [2.05, 4.69) is 0 Å². The van der Waals surface area contributed by atoms with Gasteiger partial charge >= 0.3 is 12.1 Å². The molecule has 0 bridgehead atoms. The standard InChI is InChI=1S/C14H23F3O2/c1-5-6-7-8-9-11(14(15,16)17)10-12(18)19-13(2,3)4/h10H,5-9H2,1-4H3. The monoisotopic (exact) mass is 280 g/mol. The third kappa shape index (κ3) is 9.56. The van der Waals surface area contributed by atoms with Crippen LogP contribution in [0.5, 0.6) is 0 Å². The highest BCUT2D eigenvalue weighted by Gasteiger charge is 2.34. The summed E-state index contributed by atoms with van der Waals surface area (Å²) in [5, 5.41) is 0. The van der Waals surface area contributed by atoms with Crippen molar-refractivity contribution in [2.45, 2.75) is 71.6 Å². The molecule has 0 unspecified atom stereocenters. The third-order valence-electron chi connectivity index (χ3n) is 2.36. The molecule has 0 aliphatic rings. The average Bonchev–Trinajstić information content (AvgIpc) is 2.18. The van der Waals surface area contributed by atoms with Crippen molar-refractivity contribution in [2.75, 3.05) is 0 Å². The first-order valence-corrected chi connectivity index (χ1v) is 6.57. The molecule has 0 aliphatic carbocycles. The van der Waals surface area contributed by atoms with E-state index in [4.69, 9.17) is 4.74 Å². The second kappa shape index (κ2) is 7.56. The van der Waals surface area contributed by atoms with Crippen LogP contribution in [0.1, 0.15) is 59.8 Å². The molecule has 0 spiro atoms. The van der Waals surface area contributed by atoms with Crippen LogP contribution >= 0.6 is 0 Å². The number of unbranched alkanes of at least 4 members (excludes halogenated alkanes) is 3. The van der Waals surface area contributed by atoms with Gasteiger partial charge in [0.15, 0.2) is 0 Å². The fourth-order valence-electron chi connectivity index (χ4n) is 1.51. The van der Waals surface area contributed by atoms with Gasteiger partial charge in [-0.1, -0.05) is 26.2 Å². The fourth-order valence-corrected chi connectivity index (χ4v) is 1.51. The van der Waals surface area contributed by atoms with Crippen molar-refractivity contribution in [3.05, 3.63) is 11.6 Å². The normalized spacial score (nSPS) is 13.5. The number of alkyl halides is 3. The third-order valence-corrected chi connectivity index (χ3v) is 2.36. The van der Waals surface area contributed by atoms with Crippen molar-refractivity contribution in [2.24, 2.45) is 0 Å². The van der Waals surface area contributed by atoms with Crippen LogP contribution in [0.15, 0.2) is 11.6 Å². The lowest BCUT2D eigenvalue weighted by molar-refractivity contribution is -0.149. The molecule has 0 amide bonds. The molecule has 19 heavy (non-hydrogen) atoms. The van der Waals surface area contributed by atoms with Crippen LogP contribution in [0.4, 0.5) is 13.2 Å². The molecular formula is C14H23F3O2. The zero-order chi connectivity index (χ0) is 15.1. The molecule has 0 aromatic heterocycles. The van der Waals surface area contributed by atoms with Gasteiger partial charge in [-0.2, -0.15) is 13.2 Å². The number of hydrogen-bond acceptors (Lipinski definition) is 2. The van der Waals surface area contributed by atoms with Gasteiger partial charge in [-0.05, 0) is 33.6 Å². The molecule has 2 nitrogen and oxygen atoms in total. The number of carbonyl (C=O) groups is 1. The lowest BCUT2D eigenvalue weighted by Crippen LogP contribution is -2.24. The first kappa shape index (κ1) is 18.0. The topological polar surface area (TPSA) is 26.3 Å². The number of hydrogen-bond donors (Lipinski definition) is 0. The highest BCUT2D eigenvalue weighted by atomic mass is 19.4. The molecule has 0 atom stereocenters. The van der Waals surface area contributed by atoms with E-state index >= 15 is 0 Å². The average molecular weight is 280 g/mol. The summed E-state index contributed by atoms with van der Waals surface area (Å²) in [6.07, 6.45) is -1.00. The molecule has 0 N–H and O–H groups in total. The number of esters is 1. The summed E-state index contributed by atoms with van der Waals surface area (Å²) in [6.45, 7) is 6.84. The second-order valence-corrected chi connectivity index (χ2v) is 5.51. The van der Waals surface area contributed by atoms with E-state index in [1.54, 1.807) is 20.8 Å². The van der Waals surface area contributed by atoms with E-state index in [0.717, 1.165) is 19.3 Å². The molecular weight excluding hydrogens is 257 g/mol. The second-order valence-electron chi connectivity index (χ2n) is 5.51. The van der Waals surface area contributed by atoms with Gasteiger partial charge in [-0.25, -0.2) is 4.79 Å². The van der Waals surface area contributed by atoms with Gasteiger partial charge in [0.1, 0.15) is 5.60 Å². The van der Waals surface area contributed by atoms with E-state index in [-0.39, 0.29) is 6.42 Å². The SMILES string of the molecule is CCCCCCC(=CC(=O)OC(C)(C)C)C(F)(F)F. The van der Waals surface area contributed by atoms with Gasteiger partial charge in [0.25, 0.3) is 0 Å². The Hall–Kier alpha value is -1.00. The number of ether oxygens (including phenoxy) is 1. The van der Waals surface area contributed by atoms with E-state index in [0.29, 0.717) is 12.5 Å². The Morgan fingerprint density at radius 2 is 1.68 bits per heavy atom. The summed E-state index contributed by atoms with van der Waals surface area (Å²) in [6, 6.07) is 0. The molecule has 5 heteroatoms. The van der Waals surface area contributed by atoms with E-state index in [1.165, 1.54) is 0 Å². The molecule has 0 heterocycles. The Morgan fingerprint density at radius 1 is 1.11 bits per heavy atom. The van der Waals surface area contributed by atoms with Crippen molar-refractivity contribution < 1.29 is 22.7 Å². The minimum absolute atomic E-state index is 0.136. The van der Waals surface area contributed by atoms with Gasteiger partial charge in [-0.15, -0.1) is 0 Å². The summed E-state index contributed by atoms with van der Waals surface area (Å²) in [5.41, 5.74) is -1.59. The van der Waals surface area contributed by atoms with E-state index in [1.807, 2.05) is 6.92 Å². The van der Waals surface area contributed by atoms with Crippen molar-refractivity contribution in [1.82, 2.24) is 0 Å². The number of halogens is 3. The van der Waals surface area contributed by atoms with Crippen LogP contribution in [-0.2, 0) is 9.53 Å². The van der Waals surface area contributed by atoms with Crippen LogP contribution < -0.4 is 0 Å². The Kier molecular flexibility index (Phi) is 7.16. The first-order valence-electron chi connectivity index (χ1n) is 6.57. The summed E-state index contributed by atoms with van der Waals surface area (Å²) < 4.78 is 43.1. The summed E-state index contributed by atoms with van der Waals surface area (Å²) >= 11 is 0. The lowest BCUT2D eigenvalue weighted by atomic mass is 10.1. The first-order chi connectivity index (χ1) is 8.56. The molecule has 0 aromatic rings. The predicted molar refractivity (Wildman–Crippen MR) is 68.7 cm³/mol. The van der Waals surface area contributed by atoms with Crippen molar-refractivity contribution >= 4 is 5.97 Å². The van der Waals surface area contributed by atoms with Crippen LogP contribution in [0.25, 0.3) is 0 Å². The smallest absolute Gasteiger partial charge is 0.412 e. The summed E-state index contributed by atoms with van der Waals surface area (Å²) in [4.78, 5) is 11.4. The molecule has 0 rings (SSSR count). The van der Waals surface area contributed by atoms with Gasteiger partial charge in [0.2, 0.25) is 0 Å². The highest BCUT2D eigenvalue weighted by Crippen LogP contribution is 2.30. The molecule has 0 fully saturated rings. The zero-order valence-electron chi connectivity index (χ0n) is 12.1. The van der Waals surface area contributed by atoms with Crippen molar-refractivity contribution in [1.29, 1.82) is 0 Å². The minimum Gasteiger partial charge on any atom is -0.457 e. The molecule has 0 aliphatic heterocycles. The van der Waals surface area contributed by atoms with Gasteiger partial charge in [0.05, 0.1) is 0 Å². The quantitative estimate of drug-likeness (QED) is 0.397. The predicted octanol–water partition coefficient (Wildman–Crippen LogP) is 4.79. The molecule has 0 saturated carbocycles. The number of rotatable bonds is 6. The fraction of sp³-hybridized carbons (Fsp3) is 0.786. The van der Waals surface area contributed by atoms with Crippen molar-refractivity contribution in [3.8, 4) is 0 Å². The Labute approximate surface area is 113 Å². The van der Waals surface area contributed by atoms with Gasteiger partial charge < -0.3 is 4.74 Å². The maximum Gasteiger partial charge on any atom is 0.412 e. The van der Waals surface area contributed by atoms with Gasteiger partial charge in [-0.3, -0.25) is 0 Å². The zero-order valence-corrected chi connectivity index (χ0v) is 12.1. The maximum atomic E-state index is 12.7. The molecule has 0 aromatic carbocycles. The minimum atomic E-state index is -4.47. The van der Waals surface area contributed by atoms with Gasteiger partial charge in [0, 0.05) is 11.6 Å². The summed E-state index contributed by atoms with van der Waals surface area (Å²) in [7, 11) is 0. The van der Waals surface area contributed by atoms with Crippen LogP contribution in [0, 0.1) is 0 Å². The lowest BCUT2D eigenvalue weighted by Gasteiger charge is -2.19. The number of allylic oxidation sites excluding steroid dienone is 1. The highest BCUT2D eigenvalue weighted by molar-refractivity contribution is 5.83. The Bertz CT molecular complexity index is 312. The van der Waals surface area contributed by atoms with E-state index < -0.39 is 23.3 Å². The largest absolute Gasteiger partial charge is 0.457 e. The molecule has 112 valence electrons. The maximum absolute atomic E-state index is 12.7. The van der Waals surface area contributed by atoms with Crippen molar-refractivity contribution in [3.63, 3.8) is 0 Å². The van der Waals surface area contributed by atoms with Crippen LogP contribution in [0.2, 0.25) is 0 Å². The summed E-state index contributed by atoms with van der Waals surface area (Å²) in [5.74, 6) is -0.935. The number of carbonyl (C=O) groups excluding carboxylic acids is 1. The van der Waals surface area contributed by atoms with Crippen LogP contribution in [0.3, 0.4) is 0 Å². The molecule has 0 radical (unpaired) electrons.